The Morgan fingerprint density at radius 1 is 1.21 bits per heavy atom. The number of hydrogen-bond donors (Lipinski definition) is 1. The first-order chi connectivity index (χ1) is 9.33. The van der Waals surface area contributed by atoms with Crippen molar-refractivity contribution in [3.8, 4) is 5.82 Å². The van der Waals surface area contributed by atoms with Crippen molar-refractivity contribution in [2.24, 2.45) is 0 Å². The molecule has 0 atom stereocenters. The molecular formula is C15H22N4. The van der Waals surface area contributed by atoms with Gasteiger partial charge in [0.25, 0.3) is 0 Å². The Balaban J connectivity index is 2.22. The summed E-state index contributed by atoms with van der Waals surface area (Å²) in [5.41, 5.74) is 2.44. The molecule has 4 nitrogen and oxygen atoms in total. The maximum absolute atomic E-state index is 4.69. The largest absolute Gasteiger partial charge is 0.313 e. The summed E-state index contributed by atoms with van der Waals surface area (Å²) in [7, 11) is 0. The highest BCUT2D eigenvalue weighted by molar-refractivity contribution is 5.31. The first-order valence-corrected chi connectivity index (χ1v) is 7.02. The number of nitrogens with one attached hydrogen (secondary N) is 1. The fourth-order valence-corrected chi connectivity index (χ4v) is 2.06. The lowest BCUT2D eigenvalue weighted by Gasteiger charge is -2.09. The fraction of sp³-hybridized carbons (Fsp3) is 0.467. The highest BCUT2D eigenvalue weighted by Crippen LogP contribution is 2.12. The van der Waals surface area contributed by atoms with Gasteiger partial charge in [0.1, 0.15) is 12.1 Å². The van der Waals surface area contributed by atoms with Gasteiger partial charge in [-0.1, -0.05) is 20.3 Å². The van der Waals surface area contributed by atoms with Crippen molar-refractivity contribution < 1.29 is 0 Å². The molecule has 2 aromatic heterocycles. The minimum atomic E-state index is 0.898. The zero-order chi connectivity index (χ0) is 13.5. The molecule has 2 rings (SSSR count). The minimum Gasteiger partial charge on any atom is -0.313 e. The number of hydrogen-bond acceptors (Lipinski definition) is 3. The highest BCUT2D eigenvalue weighted by atomic mass is 15.1. The van der Waals surface area contributed by atoms with E-state index >= 15 is 0 Å². The summed E-state index contributed by atoms with van der Waals surface area (Å²) in [5.74, 6) is 0.955. The fourth-order valence-electron chi connectivity index (χ4n) is 2.06. The van der Waals surface area contributed by atoms with Gasteiger partial charge in [0, 0.05) is 24.6 Å². The van der Waals surface area contributed by atoms with Crippen molar-refractivity contribution in [2.75, 3.05) is 6.54 Å². The number of aromatic nitrogens is 3. The zero-order valence-corrected chi connectivity index (χ0v) is 11.8. The van der Waals surface area contributed by atoms with Gasteiger partial charge in [-0.2, -0.15) is 0 Å². The Kier molecular flexibility index (Phi) is 5.10. The summed E-state index contributed by atoms with van der Waals surface area (Å²) in [4.78, 5) is 8.78. The van der Waals surface area contributed by atoms with Crippen LogP contribution in [0.3, 0.4) is 0 Å². The van der Waals surface area contributed by atoms with Crippen molar-refractivity contribution in [3.05, 3.63) is 42.1 Å². The maximum Gasteiger partial charge on any atom is 0.138 e. The van der Waals surface area contributed by atoms with Crippen molar-refractivity contribution in [3.63, 3.8) is 0 Å². The van der Waals surface area contributed by atoms with Gasteiger partial charge in [0.05, 0.1) is 0 Å². The van der Waals surface area contributed by atoms with Crippen LogP contribution in [0.25, 0.3) is 5.82 Å². The molecule has 0 bridgehead atoms. The lowest BCUT2D eigenvalue weighted by Crippen LogP contribution is -2.14. The van der Waals surface area contributed by atoms with E-state index in [0.717, 1.165) is 43.9 Å². The molecule has 0 unspecified atom stereocenters. The van der Waals surface area contributed by atoms with Crippen LogP contribution < -0.4 is 5.32 Å². The van der Waals surface area contributed by atoms with Crippen LogP contribution in [-0.4, -0.2) is 21.1 Å². The zero-order valence-electron chi connectivity index (χ0n) is 11.8. The molecule has 0 saturated heterocycles. The van der Waals surface area contributed by atoms with Crippen LogP contribution in [-0.2, 0) is 13.0 Å². The summed E-state index contributed by atoms with van der Waals surface area (Å²) in [6.45, 7) is 6.31. The van der Waals surface area contributed by atoms with E-state index in [9.17, 15) is 0 Å². The van der Waals surface area contributed by atoms with Gasteiger partial charge < -0.3 is 5.32 Å². The molecular weight excluding hydrogens is 236 g/mol. The molecule has 0 saturated carbocycles. The van der Waals surface area contributed by atoms with Crippen LogP contribution in [0.1, 0.15) is 37.9 Å². The molecule has 0 radical (unpaired) electrons. The minimum absolute atomic E-state index is 0.898. The molecule has 0 aliphatic heterocycles. The summed E-state index contributed by atoms with van der Waals surface area (Å²) >= 11 is 0. The smallest absolute Gasteiger partial charge is 0.138 e. The molecule has 0 aromatic carbocycles. The Bertz CT molecular complexity index is 491. The first kappa shape index (κ1) is 13.7. The van der Waals surface area contributed by atoms with Gasteiger partial charge in [-0.3, -0.25) is 4.57 Å². The number of aryl methyl sites for hydroxylation is 1. The molecule has 102 valence electrons. The predicted molar refractivity (Wildman–Crippen MR) is 77.4 cm³/mol. The summed E-state index contributed by atoms with van der Waals surface area (Å²) in [5, 5.41) is 3.44. The number of imidazole rings is 1. The third-order valence-electron chi connectivity index (χ3n) is 2.96. The van der Waals surface area contributed by atoms with Gasteiger partial charge in [-0.15, -0.1) is 0 Å². The number of pyridine rings is 1. The summed E-state index contributed by atoms with van der Waals surface area (Å²) < 4.78 is 1.96. The van der Waals surface area contributed by atoms with Crippen LogP contribution in [0.2, 0.25) is 0 Å². The van der Waals surface area contributed by atoms with E-state index < -0.39 is 0 Å². The molecule has 4 heteroatoms. The molecule has 1 N–H and O–H groups in total. The Labute approximate surface area is 114 Å². The van der Waals surface area contributed by atoms with E-state index in [1.807, 2.05) is 10.8 Å². The lowest BCUT2D eigenvalue weighted by molar-refractivity contribution is 0.673. The molecule has 19 heavy (non-hydrogen) atoms. The Hall–Kier alpha value is -1.68. The summed E-state index contributed by atoms with van der Waals surface area (Å²) in [6, 6.07) is 4.33. The van der Waals surface area contributed by atoms with E-state index in [0.29, 0.717) is 0 Å². The monoisotopic (exact) mass is 258 g/mol. The van der Waals surface area contributed by atoms with E-state index in [-0.39, 0.29) is 0 Å². The average molecular weight is 258 g/mol. The van der Waals surface area contributed by atoms with Crippen molar-refractivity contribution in [1.29, 1.82) is 0 Å². The van der Waals surface area contributed by atoms with E-state index in [2.05, 4.69) is 41.3 Å². The molecule has 2 heterocycles. The third kappa shape index (κ3) is 3.89. The van der Waals surface area contributed by atoms with E-state index in [1.165, 1.54) is 5.56 Å². The second kappa shape index (κ2) is 7.04. The van der Waals surface area contributed by atoms with Crippen LogP contribution in [0.5, 0.6) is 0 Å². The molecule has 0 aliphatic carbocycles. The SMILES string of the molecule is CCCNCc1cc(CCC)nc(-n2ccnc2)c1. The predicted octanol–water partition coefficient (Wildman–Crippen LogP) is 2.72. The quantitative estimate of drug-likeness (QED) is 0.776. The third-order valence-corrected chi connectivity index (χ3v) is 2.96. The summed E-state index contributed by atoms with van der Waals surface area (Å²) in [6.07, 6.45) is 8.79. The van der Waals surface area contributed by atoms with Crippen LogP contribution in [0.15, 0.2) is 30.9 Å². The topological polar surface area (TPSA) is 42.7 Å². The van der Waals surface area contributed by atoms with E-state index in [1.54, 1.807) is 12.5 Å². The van der Waals surface area contributed by atoms with Crippen LogP contribution in [0.4, 0.5) is 0 Å². The van der Waals surface area contributed by atoms with Crippen LogP contribution in [0, 0.1) is 0 Å². The highest BCUT2D eigenvalue weighted by Gasteiger charge is 2.04. The molecule has 2 aromatic rings. The second-order valence-corrected chi connectivity index (χ2v) is 4.72. The van der Waals surface area contributed by atoms with E-state index in [4.69, 9.17) is 0 Å². The lowest BCUT2D eigenvalue weighted by atomic mass is 10.1. The Morgan fingerprint density at radius 2 is 2.11 bits per heavy atom. The average Bonchev–Trinajstić information content (AvgIpc) is 2.93. The molecule has 0 aliphatic rings. The van der Waals surface area contributed by atoms with Crippen molar-refractivity contribution in [2.45, 2.75) is 39.7 Å². The Morgan fingerprint density at radius 3 is 2.79 bits per heavy atom. The normalized spacial score (nSPS) is 10.8. The van der Waals surface area contributed by atoms with Gasteiger partial charge in [0.2, 0.25) is 0 Å². The van der Waals surface area contributed by atoms with Gasteiger partial charge in [-0.25, -0.2) is 9.97 Å². The standard InChI is InChI=1S/C15H22N4/c1-3-5-14-9-13(11-16-6-4-2)10-15(18-14)19-8-7-17-12-19/h7-10,12,16H,3-6,11H2,1-2H3. The molecule has 0 fully saturated rings. The maximum atomic E-state index is 4.69. The van der Waals surface area contributed by atoms with Crippen molar-refractivity contribution in [1.82, 2.24) is 19.9 Å². The number of nitrogens with zero attached hydrogens (tertiary/aromatic N) is 3. The molecule has 0 spiro atoms. The number of rotatable bonds is 7. The van der Waals surface area contributed by atoms with Gasteiger partial charge >= 0.3 is 0 Å². The molecule has 0 amide bonds. The van der Waals surface area contributed by atoms with Gasteiger partial charge in [-0.05, 0) is 37.1 Å². The van der Waals surface area contributed by atoms with Gasteiger partial charge in [0.15, 0.2) is 0 Å². The second-order valence-electron chi connectivity index (χ2n) is 4.72. The van der Waals surface area contributed by atoms with Crippen molar-refractivity contribution >= 4 is 0 Å². The first-order valence-electron chi connectivity index (χ1n) is 7.02. The van der Waals surface area contributed by atoms with Crippen LogP contribution >= 0.6 is 0 Å².